The molecule has 0 aromatic carbocycles. The van der Waals surface area contributed by atoms with Crippen LogP contribution in [0.25, 0.3) is 0 Å². The van der Waals surface area contributed by atoms with Crippen LogP contribution in [0.15, 0.2) is 11.4 Å². The summed E-state index contributed by atoms with van der Waals surface area (Å²) >= 11 is 1.66. The molecule has 0 aliphatic carbocycles. The number of rotatable bonds is 4. The van der Waals surface area contributed by atoms with Crippen LogP contribution in [0.1, 0.15) is 24.3 Å². The van der Waals surface area contributed by atoms with Gasteiger partial charge >= 0.3 is 0 Å². The standard InChI is InChI=1S/C11H18O2S/c1-8(2)11(12,7-13-4)10-5-6-14-9(10)3/h5-6,8,12H,7H2,1-4H3. The Morgan fingerprint density at radius 3 is 2.57 bits per heavy atom. The molecule has 1 atom stereocenters. The van der Waals surface area contributed by atoms with Gasteiger partial charge in [-0.1, -0.05) is 13.8 Å². The lowest BCUT2D eigenvalue weighted by atomic mass is 9.84. The average molecular weight is 214 g/mol. The molecule has 1 heterocycles. The molecule has 1 aromatic rings. The van der Waals surface area contributed by atoms with E-state index < -0.39 is 5.60 Å². The molecule has 1 unspecified atom stereocenters. The van der Waals surface area contributed by atoms with Crippen LogP contribution in [0.5, 0.6) is 0 Å². The van der Waals surface area contributed by atoms with Gasteiger partial charge in [-0.15, -0.1) is 11.3 Å². The molecule has 0 saturated heterocycles. The van der Waals surface area contributed by atoms with E-state index in [1.807, 2.05) is 32.2 Å². The summed E-state index contributed by atoms with van der Waals surface area (Å²) in [5.74, 6) is 0.149. The average Bonchev–Trinajstić information content (AvgIpc) is 2.51. The van der Waals surface area contributed by atoms with Gasteiger partial charge in [0.15, 0.2) is 0 Å². The monoisotopic (exact) mass is 214 g/mol. The molecule has 1 N–H and O–H groups in total. The summed E-state index contributed by atoms with van der Waals surface area (Å²) in [4.78, 5) is 1.17. The van der Waals surface area contributed by atoms with E-state index in [2.05, 4.69) is 0 Å². The number of hydrogen-bond donors (Lipinski definition) is 1. The number of methoxy groups -OCH3 is 1. The molecule has 0 aliphatic heterocycles. The van der Waals surface area contributed by atoms with Crippen LogP contribution in [0.2, 0.25) is 0 Å². The van der Waals surface area contributed by atoms with Crippen molar-refractivity contribution in [3.63, 3.8) is 0 Å². The van der Waals surface area contributed by atoms with Crippen molar-refractivity contribution in [1.29, 1.82) is 0 Å². The van der Waals surface area contributed by atoms with Gasteiger partial charge in [-0.3, -0.25) is 0 Å². The van der Waals surface area contributed by atoms with E-state index in [1.54, 1.807) is 18.4 Å². The quantitative estimate of drug-likeness (QED) is 0.834. The minimum atomic E-state index is -0.848. The number of ether oxygens (including phenoxy) is 1. The fourth-order valence-corrected chi connectivity index (χ4v) is 2.39. The molecule has 1 rings (SSSR count). The highest BCUT2D eigenvalue weighted by Gasteiger charge is 2.34. The van der Waals surface area contributed by atoms with Gasteiger partial charge < -0.3 is 9.84 Å². The number of hydrogen-bond acceptors (Lipinski definition) is 3. The van der Waals surface area contributed by atoms with Gasteiger partial charge in [0.05, 0.1) is 6.61 Å². The van der Waals surface area contributed by atoms with Gasteiger partial charge in [-0.05, 0) is 29.9 Å². The molecule has 0 radical (unpaired) electrons. The normalized spacial score (nSPS) is 15.9. The van der Waals surface area contributed by atoms with Gasteiger partial charge in [-0.25, -0.2) is 0 Å². The summed E-state index contributed by atoms with van der Waals surface area (Å²) in [5, 5.41) is 12.5. The minimum absolute atomic E-state index is 0.149. The van der Waals surface area contributed by atoms with Crippen LogP contribution in [0.3, 0.4) is 0 Å². The van der Waals surface area contributed by atoms with Crippen molar-refractivity contribution in [2.45, 2.75) is 26.4 Å². The van der Waals surface area contributed by atoms with Crippen LogP contribution in [0, 0.1) is 12.8 Å². The molecule has 3 heteroatoms. The highest BCUT2D eigenvalue weighted by molar-refractivity contribution is 7.10. The van der Waals surface area contributed by atoms with Crippen molar-refractivity contribution in [2.24, 2.45) is 5.92 Å². The lowest BCUT2D eigenvalue weighted by molar-refractivity contribution is -0.0701. The summed E-state index contributed by atoms with van der Waals surface area (Å²) < 4.78 is 5.10. The second-order valence-corrected chi connectivity index (χ2v) is 5.02. The Morgan fingerprint density at radius 1 is 1.57 bits per heavy atom. The minimum Gasteiger partial charge on any atom is -0.382 e. The largest absolute Gasteiger partial charge is 0.382 e. The Bertz CT molecular complexity index is 293. The first-order valence-electron chi connectivity index (χ1n) is 4.78. The Hall–Kier alpha value is -0.380. The molecule has 0 aliphatic rings. The van der Waals surface area contributed by atoms with E-state index in [-0.39, 0.29) is 5.92 Å². The summed E-state index contributed by atoms with van der Waals surface area (Å²) in [6, 6.07) is 1.99. The highest BCUT2D eigenvalue weighted by atomic mass is 32.1. The van der Waals surface area contributed by atoms with Crippen molar-refractivity contribution < 1.29 is 9.84 Å². The van der Waals surface area contributed by atoms with E-state index in [9.17, 15) is 5.11 Å². The lowest BCUT2D eigenvalue weighted by Crippen LogP contribution is -2.37. The maximum atomic E-state index is 10.5. The molecule has 0 amide bonds. The molecular formula is C11H18O2S. The SMILES string of the molecule is COCC(O)(c1ccsc1C)C(C)C. The Morgan fingerprint density at radius 2 is 2.21 bits per heavy atom. The molecule has 0 bridgehead atoms. The first kappa shape index (κ1) is 11.7. The predicted molar refractivity (Wildman–Crippen MR) is 59.7 cm³/mol. The zero-order chi connectivity index (χ0) is 10.8. The Balaban J connectivity index is 3.05. The van der Waals surface area contributed by atoms with E-state index in [0.29, 0.717) is 6.61 Å². The number of thiophene rings is 1. The topological polar surface area (TPSA) is 29.5 Å². The van der Waals surface area contributed by atoms with Gasteiger partial charge in [0.25, 0.3) is 0 Å². The Labute approximate surface area is 89.5 Å². The molecule has 14 heavy (non-hydrogen) atoms. The van der Waals surface area contributed by atoms with E-state index in [0.717, 1.165) is 5.56 Å². The zero-order valence-electron chi connectivity index (χ0n) is 9.20. The van der Waals surface area contributed by atoms with Crippen LogP contribution in [-0.4, -0.2) is 18.8 Å². The van der Waals surface area contributed by atoms with Crippen LogP contribution in [0.4, 0.5) is 0 Å². The van der Waals surface area contributed by atoms with Crippen molar-refractivity contribution in [3.8, 4) is 0 Å². The third kappa shape index (κ3) is 2.00. The summed E-state index contributed by atoms with van der Waals surface area (Å²) in [6.45, 7) is 6.40. The molecule has 0 spiro atoms. The van der Waals surface area contributed by atoms with Gasteiger partial charge in [0.2, 0.25) is 0 Å². The third-order valence-corrected chi connectivity index (χ3v) is 3.49. The zero-order valence-corrected chi connectivity index (χ0v) is 10.0. The number of aliphatic hydroxyl groups is 1. The summed E-state index contributed by atoms with van der Waals surface area (Å²) in [6.07, 6.45) is 0. The van der Waals surface area contributed by atoms with Crippen molar-refractivity contribution in [1.82, 2.24) is 0 Å². The van der Waals surface area contributed by atoms with Gasteiger partial charge in [0.1, 0.15) is 5.60 Å². The molecule has 1 aromatic heterocycles. The van der Waals surface area contributed by atoms with Gasteiger partial charge in [0, 0.05) is 12.0 Å². The van der Waals surface area contributed by atoms with Crippen LogP contribution >= 0.6 is 11.3 Å². The molecular weight excluding hydrogens is 196 g/mol. The van der Waals surface area contributed by atoms with Crippen LogP contribution in [-0.2, 0) is 10.3 Å². The fraction of sp³-hybridized carbons (Fsp3) is 0.636. The van der Waals surface area contributed by atoms with Crippen LogP contribution < -0.4 is 0 Å². The fourth-order valence-electron chi connectivity index (χ4n) is 1.61. The maximum Gasteiger partial charge on any atom is 0.116 e. The lowest BCUT2D eigenvalue weighted by Gasteiger charge is -2.31. The summed E-state index contributed by atoms with van der Waals surface area (Å²) in [7, 11) is 1.62. The molecule has 0 fully saturated rings. The van der Waals surface area contributed by atoms with E-state index in [1.165, 1.54) is 4.88 Å². The first-order valence-corrected chi connectivity index (χ1v) is 5.66. The van der Waals surface area contributed by atoms with E-state index >= 15 is 0 Å². The molecule has 80 valence electrons. The maximum absolute atomic E-state index is 10.5. The summed E-state index contributed by atoms with van der Waals surface area (Å²) in [5.41, 5.74) is 0.151. The van der Waals surface area contributed by atoms with Crippen molar-refractivity contribution in [3.05, 3.63) is 21.9 Å². The second-order valence-electron chi connectivity index (χ2n) is 3.90. The molecule has 2 nitrogen and oxygen atoms in total. The van der Waals surface area contributed by atoms with E-state index in [4.69, 9.17) is 4.74 Å². The van der Waals surface area contributed by atoms with Crippen molar-refractivity contribution in [2.75, 3.05) is 13.7 Å². The van der Waals surface area contributed by atoms with Gasteiger partial charge in [-0.2, -0.15) is 0 Å². The number of aryl methyl sites for hydroxylation is 1. The predicted octanol–water partition coefficient (Wildman–Crippen LogP) is 2.55. The second kappa shape index (κ2) is 4.43. The smallest absolute Gasteiger partial charge is 0.116 e. The highest BCUT2D eigenvalue weighted by Crippen LogP contribution is 2.34. The first-order chi connectivity index (χ1) is 6.52. The molecule has 0 saturated carbocycles. The Kier molecular flexibility index (Phi) is 3.70. The van der Waals surface area contributed by atoms with Crippen molar-refractivity contribution >= 4 is 11.3 Å². The third-order valence-electron chi connectivity index (χ3n) is 2.64.